The molecule has 5 nitrogen and oxygen atoms in total. The van der Waals surface area contributed by atoms with Crippen LogP contribution in [0, 0.1) is 0 Å². The van der Waals surface area contributed by atoms with Crippen LogP contribution in [0.2, 0.25) is 0 Å². The van der Waals surface area contributed by atoms with Gasteiger partial charge in [0, 0.05) is 0 Å². The second kappa shape index (κ2) is 8.62. The van der Waals surface area contributed by atoms with E-state index in [0.717, 1.165) is 5.56 Å². The predicted molar refractivity (Wildman–Crippen MR) is 90.1 cm³/mol. The van der Waals surface area contributed by atoms with E-state index >= 15 is 0 Å². The molecule has 0 aliphatic carbocycles. The third-order valence-electron chi connectivity index (χ3n) is 3.51. The fraction of sp³-hybridized carbons (Fsp3) is 0.211. The minimum absolute atomic E-state index is 0.125. The van der Waals surface area contributed by atoms with Gasteiger partial charge in [0.2, 0.25) is 0 Å². The number of rotatable bonds is 8. The average molecular weight is 325 g/mol. The molecular formula is C19H19NO4. The highest BCUT2D eigenvalue weighted by Gasteiger charge is 2.18. The molecule has 5 heteroatoms. The molecule has 0 aliphatic heterocycles. The van der Waals surface area contributed by atoms with E-state index in [1.807, 2.05) is 30.3 Å². The van der Waals surface area contributed by atoms with Crippen LogP contribution in [0.15, 0.2) is 54.6 Å². The number of ether oxygens (including phenoxy) is 1. The van der Waals surface area contributed by atoms with Gasteiger partial charge < -0.3 is 10.1 Å². The van der Waals surface area contributed by atoms with E-state index in [-0.39, 0.29) is 12.4 Å². The number of hydrogen-bond acceptors (Lipinski definition) is 4. The summed E-state index contributed by atoms with van der Waals surface area (Å²) in [5.41, 5.74) is 1.34. The van der Waals surface area contributed by atoms with Crippen molar-refractivity contribution in [1.82, 2.24) is 5.32 Å². The molecule has 0 spiro atoms. The van der Waals surface area contributed by atoms with Gasteiger partial charge in [-0.3, -0.25) is 14.4 Å². The van der Waals surface area contributed by atoms with E-state index in [9.17, 15) is 14.4 Å². The molecular weight excluding hydrogens is 306 g/mol. The maximum atomic E-state index is 12.0. The Balaban J connectivity index is 1.93. The second-order valence-corrected chi connectivity index (χ2v) is 5.36. The van der Waals surface area contributed by atoms with Crippen LogP contribution in [0.1, 0.15) is 22.8 Å². The van der Waals surface area contributed by atoms with Crippen molar-refractivity contribution in [2.75, 3.05) is 6.61 Å². The number of benzene rings is 2. The van der Waals surface area contributed by atoms with Crippen LogP contribution >= 0.6 is 0 Å². The van der Waals surface area contributed by atoms with Crippen molar-refractivity contribution in [2.24, 2.45) is 0 Å². The summed E-state index contributed by atoms with van der Waals surface area (Å²) in [6.45, 7) is 1.18. The second-order valence-electron chi connectivity index (χ2n) is 5.36. The first kappa shape index (κ1) is 17.4. The smallest absolute Gasteiger partial charge is 0.258 e. The molecule has 0 fully saturated rings. The molecule has 0 radical (unpaired) electrons. The number of hydrogen-bond donors (Lipinski definition) is 1. The highest BCUT2D eigenvalue weighted by Crippen LogP contribution is 2.15. The van der Waals surface area contributed by atoms with Gasteiger partial charge in [-0.05, 0) is 31.0 Å². The molecule has 1 atom stereocenters. The number of para-hydroxylation sites is 1. The molecule has 0 bridgehead atoms. The largest absolute Gasteiger partial charge is 0.483 e. The number of aldehydes is 1. The van der Waals surface area contributed by atoms with Crippen molar-refractivity contribution in [3.63, 3.8) is 0 Å². The van der Waals surface area contributed by atoms with Gasteiger partial charge in [0.25, 0.3) is 5.91 Å². The zero-order chi connectivity index (χ0) is 17.4. The molecule has 24 heavy (non-hydrogen) atoms. The van der Waals surface area contributed by atoms with E-state index in [2.05, 4.69) is 5.32 Å². The highest BCUT2D eigenvalue weighted by atomic mass is 16.5. The Hall–Kier alpha value is -2.95. The van der Waals surface area contributed by atoms with Crippen LogP contribution < -0.4 is 10.1 Å². The van der Waals surface area contributed by atoms with E-state index in [1.54, 1.807) is 24.3 Å². The molecule has 0 aromatic heterocycles. The summed E-state index contributed by atoms with van der Waals surface area (Å²) in [4.78, 5) is 34.7. The number of amides is 1. The fourth-order valence-corrected chi connectivity index (χ4v) is 2.23. The Kier molecular flexibility index (Phi) is 6.25. The third kappa shape index (κ3) is 5.05. The molecule has 0 saturated carbocycles. The standard InChI is InChI=1S/C19H19NO4/c1-14(22)17(11-15-7-3-2-4-8-15)20-19(23)13-24-18-10-6-5-9-16(18)12-21/h2-10,12,17H,11,13H2,1H3,(H,20,23)/t17-/m1/s1. The molecule has 0 unspecified atom stereocenters. The van der Waals surface area contributed by atoms with Crippen LogP contribution in [-0.2, 0) is 16.0 Å². The Morgan fingerprint density at radius 2 is 1.75 bits per heavy atom. The van der Waals surface area contributed by atoms with Gasteiger partial charge in [-0.2, -0.15) is 0 Å². The average Bonchev–Trinajstić information content (AvgIpc) is 2.60. The lowest BCUT2D eigenvalue weighted by molar-refractivity contribution is -0.128. The Morgan fingerprint density at radius 1 is 1.08 bits per heavy atom. The molecule has 0 heterocycles. The number of nitrogens with one attached hydrogen (secondary N) is 1. The summed E-state index contributed by atoms with van der Waals surface area (Å²) in [5, 5.41) is 2.67. The van der Waals surface area contributed by atoms with Gasteiger partial charge in [0.15, 0.2) is 18.7 Å². The Bertz CT molecular complexity index is 712. The van der Waals surface area contributed by atoms with Crippen molar-refractivity contribution in [1.29, 1.82) is 0 Å². The first-order valence-electron chi connectivity index (χ1n) is 7.61. The minimum Gasteiger partial charge on any atom is -0.483 e. The topological polar surface area (TPSA) is 72.5 Å². The van der Waals surface area contributed by atoms with Crippen LogP contribution in [0.3, 0.4) is 0 Å². The fourth-order valence-electron chi connectivity index (χ4n) is 2.23. The van der Waals surface area contributed by atoms with Crippen LogP contribution in [0.5, 0.6) is 5.75 Å². The number of ketones is 1. The predicted octanol–water partition coefficient (Wildman–Crippen LogP) is 2.19. The first-order chi connectivity index (χ1) is 11.6. The zero-order valence-corrected chi connectivity index (χ0v) is 13.4. The van der Waals surface area contributed by atoms with Gasteiger partial charge in [-0.1, -0.05) is 42.5 Å². The summed E-state index contributed by atoms with van der Waals surface area (Å²) in [6, 6.07) is 15.5. The van der Waals surface area contributed by atoms with Crippen LogP contribution in [0.4, 0.5) is 0 Å². The summed E-state index contributed by atoms with van der Waals surface area (Å²) < 4.78 is 5.37. The number of carbonyl (C=O) groups is 3. The molecule has 0 aliphatic rings. The molecule has 1 amide bonds. The monoisotopic (exact) mass is 325 g/mol. The normalized spacial score (nSPS) is 11.4. The molecule has 2 aromatic rings. The SMILES string of the molecule is CC(=O)[C@@H](Cc1ccccc1)NC(=O)COc1ccccc1C=O. The molecule has 0 saturated heterocycles. The summed E-state index contributed by atoms with van der Waals surface area (Å²) in [7, 11) is 0. The molecule has 124 valence electrons. The Morgan fingerprint density at radius 3 is 2.42 bits per heavy atom. The zero-order valence-electron chi connectivity index (χ0n) is 13.4. The van der Waals surface area contributed by atoms with Crippen molar-refractivity contribution in [3.05, 3.63) is 65.7 Å². The van der Waals surface area contributed by atoms with Gasteiger partial charge in [0.1, 0.15) is 5.75 Å². The third-order valence-corrected chi connectivity index (χ3v) is 3.51. The lowest BCUT2D eigenvalue weighted by atomic mass is 10.0. The number of carbonyl (C=O) groups excluding carboxylic acids is 3. The van der Waals surface area contributed by atoms with E-state index in [4.69, 9.17) is 4.74 Å². The molecule has 2 rings (SSSR count). The van der Waals surface area contributed by atoms with Gasteiger partial charge in [-0.25, -0.2) is 0 Å². The maximum absolute atomic E-state index is 12.0. The van der Waals surface area contributed by atoms with Crippen LogP contribution in [0.25, 0.3) is 0 Å². The van der Waals surface area contributed by atoms with Gasteiger partial charge in [0.05, 0.1) is 11.6 Å². The lowest BCUT2D eigenvalue weighted by Crippen LogP contribution is -2.43. The summed E-state index contributed by atoms with van der Waals surface area (Å²) in [6.07, 6.45) is 1.09. The van der Waals surface area contributed by atoms with E-state index in [1.165, 1.54) is 6.92 Å². The number of Topliss-reactive ketones (excluding diaryl/α,β-unsaturated/α-hetero) is 1. The van der Waals surface area contributed by atoms with Crippen LogP contribution in [-0.4, -0.2) is 30.6 Å². The Labute approximate surface area is 140 Å². The van der Waals surface area contributed by atoms with E-state index in [0.29, 0.717) is 24.0 Å². The quantitative estimate of drug-likeness (QED) is 0.755. The minimum atomic E-state index is -0.607. The molecule has 2 aromatic carbocycles. The highest BCUT2D eigenvalue weighted by molar-refractivity contribution is 5.88. The van der Waals surface area contributed by atoms with Gasteiger partial charge in [-0.15, -0.1) is 0 Å². The van der Waals surface area contributed by atoms with E-state index < -0.39 is 11.9 Å². The molecule has 1 N–H and O–H groups in total. The van der Waals surface area contributed by atoms with Crippen molar-refractivity contribution in [2.45, 2.75) is 19.4 Å². The van der Waals surface area contributed by atoms with Crippen molar-refractivity contribution in [3.8, 4) is 5.75 Å². The summed E-state index contributed by atoms with van der Waals surface area (Å²) in [5.74, 6) is -0.197. The van der Waals surface area contributed by atoms with Crippen molar-refractivity contribution < 1.29 is 19.1 Å². The van der Waals surface area contributed by atoms with Gasteiger partial charge >= 0.3 is 0 Å². The first-order valence-corrected chi connectivity index (χ1v) is 7.61. The van der Waals surface area contributed by atoms with Crippen molar-refractivity contribution >= 4 is 18.0 Å². The maximum Gasteiger partial charge on any atom is 0.258 e. The lowest BCUT2D eigenvalue weighted by Gasteiger charge is -2.16. The summed E-state index contributed by atoms with van der Waals surface area (Å²) >= 11 is 0.